The van der Waals surface area contributed by atoms with E-state index >= 15 is 0 Å². The summed E-state index contributed by atoms with van der Waals surface area (Å²) in [5.41, 5.74) is 2.73. The number of carbonyl (C=O) groups is 1. The molecular formula is C27H31NO5. The molecule has 0 radical (unpaired) electrons. The summed E-state index contributed by atoms with van der Waals surface area (Å²) >= 11 is 0. The lowest BCUT2D eigenvalue weighted by Gasteiger charge is -2.30. The lowest BCUT2D eigenvalue weighted by molar-refractivity contribution is -0.144. The van der Waals surface area contributed by atoms with Crippen molar-refractivity contribution in [2.75, 3.05) is 11.5 Å². The SMILES string of the molecule is [2H]C(c1ccccc1OC1CCC(OCC(=O)O)C1)N(c1ccc(-c2ccco2)cc1)C(C)C. The largest absolute Gasteiger partial charge is 0.490 e. The van der Waals surface area contributed by atoms with E-state index < -0.39 is 12.5 Å². The number of hydrogen-bond donors (Lipinski definition) is 1. The maximum Gasteiger partial charge on any atom is 0.329 e. The van der Waals surface area contributed by atoms with E-state index in [1.807, 2.05) is 60.7 Å². The number of para-hydroxylation sites is 1. The minimum atomic E-state index is -0.960. The van der Waals surface area contributed by atoms with Gasteiger partial charge in [-0.2, -0.15) is 0 Å². The number of carboxylic acid groups (broad SMARTS) is 1. The molecule has 1 saturated carbocycles. The van der Waals surface area contributed by atoms with E-state index in [2.05, 4.69) is 18.7 Å². The molecule has 1 heterocycles. The van der Waals surface area contributed by atoms with E-state index in [-0.39, 0.29) is 24.9 Å². The predicted molar refractivity (Wildman–Crippen MR) is 128 cm³/mol. The Morgan fingerprint density at radius 2 is 1.88 bits per heavy atom. The van der Waals surface area contributed by atoms with Crippen LogP contribution in [0.2, 0.25) is 0 Å². The van der Waals surface area contributed by atoms with E-state index in [0.29, 0.717) is 12.2 Å². The van der Waals surface area contributed by atoms with Crippen molar-refractivity contribution in [3.05, 3.63) is 72.5 Å². The summed E-state index contributed by atoms with van der Waals surface area (Å²) in [5.74, 6) is 0.535. The second-order valence-electron chi connectivity index (χ2n) is 8.57. The number of ether oxygens (including phenoxy) is 2. The van der Waals surface area contributed by atoms with Gasteiger partial charge in [-0.1, -0.05) is 18.2 Å². The van der Waals surface area contributed by atoms with E-state index in [1.165, 1.54) is 0 Å². The highest BCUT2D eigenvalue weighted by atomic mass is 16.5. The van der Waals surface area contributed by atoms with Crippen LogP contribution in [-0.4, -0.2) is 35.9 Å². The molecule has 6 nitrogen and oxygen atoms in total. The molecule has 0 aliphatic heterocycles. The van der Waals surface area contributed by atoms with Crippen LogP contribution in [0.1, 0.15) is 40.0 Å². The van der Waals surface area contributed by atoms with Crippen LogP contribution < -0.4 is 9.64 Å². The normalized spacial score (nSPS) is 19.3. The molecule has 33 heavy (non-hydrogen) atoms. The molecule has 2 aromatic carbocycles. The standard InChI is InChI=1S/C27H31NO5/c1-19(2)28(22-11-9-20(10-12-22)25-8-5-15-31-25)17-21-6-3-4-7-26(21)33-24-14-13-23(16-24)32-18-27(29)30/h3-12,15,19,23-24H,13-14,16-18H2,1-2H3,(H,29,30)/i17D. The van der Waals surface area contributed by atoms with Crippen molar-refractivity contribution in [1.29, 1.82) is 0 Å². The van der Waals surface area contributed by atoms with Crippen molar-refractivity contribution < 1.29 is 25.2 Å². The fourth-order valence-corrected chi connectivity index (χ4v) is 4.13. The number of nitrogens with zero attached hydrogens (tertiary/aromatic N) is 1. The van der Waals surface area contributed by atoms with E-state index in [1.54, 1.807) is 6.26 Å². The van der Waals surface area contributed by atoms with Gasteiger partial charge in [-0.05, 0) is 69.2 Å². The molecule has 0 saturated heterocycles. The van der Waals surface area contributed by atoms with Crippen molar-refractivity contribution >= 4 is 11.7 Å². The average molecular weight is 451 g/mol. The summed E-state index contributed by atoms with van der Waals surface area (Å²) in [7, 11) is 0. The molecule has 6 heteroatoms. The zero-order chi connectivity index (χ0) is 24.1. The Morgan fingerprint density at radius 3 is 2.58 bits per heavy atom. The molecular weight excluding hydrogens is 418 g/mol. The van der Waals surface area contributed by atoms with Crippen LogP contribution in [0.4, 0.5) is 5.69 Å². The molecule has 0 amide bonds. The van der Waals surface area contributed by atoms with Gasteiger partial charge in [0.1, 0.15) is 24.2 Å². The number of carboxylic acids is 1. The van der Waals surface area contributed by atoms with Gasteiger partial charge in [-0.3, -0.25) is 0 Å². The van der Waals surface area contributed by atoms with Crippen LogP contribution in [0.5, 0.6) is 5.75 Å². The Kier molecular flexibility index (Phi) is 6.92. The van der Waals surface area contributed by atoms with Crippen molar-refractivity contribution in [3.63, 3.8) is 0 Å². The van der Waals surface area contributed by atoms with Crippen molar-refractivity contribution in [3.8, 4) is 17.1 Å². The second-order valence-corrected chi connectivity index (χ2v) is 8.57. The number of furan rings is 1. The summed E-state index contributed by atoms with van der Waals surface area (Å²) in [6, 6.07) is 19.6. The number of rotatable bonds is 10. The molecule has 3 unspecified atom stereocenters. The van der Waals surface area contributed by atoms with Crippen molar-refractivity contribution in [2.45, 2.75) is 57.9 Å². The summed E-state index contributed by atoms with van der Waals surface area (Å²) in [6.07, 6.45) is 3.69. The maximum atomic E-state index is 10.8. The zero-order valence-electron chi connectivity index (χ0n) is 20.0. The third kappa shape index (κ3) is 5.96. The molecule has 1 aliphatic carbocycles. The number of anilines is 1. The Bertz CT molecular complexity index is 1070. The lowest BCUT2D eigenvalue weighted by Crippen LogP contribution is -2.30. The first kappa shape index (κ1) is 21.6. The molecule has 4 rings (SSSR count). The molecule has 1 N–H and O–H groups in total. The van der Waals surface area contributed by atoms with Crippen LogP contribution in [0.15, 0.2) is 71.3 Å². The predicted octanol–water partition coefficient (Wildman–Crippen LogP) is 5.76. The van der Waals surface area contributed by atoms with E-state index in [9.17, 15) is 4.79 Å². The number of hydrogen-bond acceptors (Lipinski definition) is 5. The molecule has 3 atom stereocenters. The van der Waals surface area contributed by atoms with Crippen molar-refractivity contribution in [1.82, 2.24) is 0 Å². The zero-order valence-corrected chi connectivity index (χ0v) is 19.0. The van der Waals surface area contributed by atoms with Gasteiger partial charge in [0, 0.05) is 35.8 Å². The molecule has 3 aromatic rings. The quantitative estimate of drug-likeness (QED) is 0.423. The third-order valence-electron chi connectivity index (χ3n) is 5.80. The van der Waals surface area contributed by atoms with Crippen LogP contribution in [0.25, 0.3) is 11.3 Å². The summed E-state index contributed by atoms with van der Waals surface area (Å²) in [6.45, 7) is 3.20. The van der Waals surface area contributed by atoms with Gasteiger partial charge in [0.2, 0.25) is 0 Å². The lowest BCUT2D eigenvalue weighted by atomic mass is 10.1. The Labute approximate surface area is 196 Å². The highest BCUT2D eigenvalue weighted by molar-refractivity contribution is 5.68. The summed E-state index contributed by atoms with van der Waals surface area (Å²) in [4.78, 5) is 12.8. The first-order valence-corrected chi connectivity index (χ1v) is 11.4. The minimum Gasteiger partial charge on any atom is -0.490 e. The van der Waals surface area contributed by atoms with Gasteiger partial charge in [0.25, 0.3) is 0 Å². The van der Waals surface area contributed by atoms with Crippen LogP contribution in [-0.2, 0) is 16.1 Å². The van der Waals surface area contributed by atoms with E-state index in [4.69, 9.17) is 20.4 Å². The third-order valence-corrected chi connectivity index (χ3v) is 5.80. The van der Waals surface area contributed by atoms with Gasteiger partial charge >= 0.3 is 5.97 Å². The number of aliphatic carboxylic acids is 1. The average Bonchev–Trinajstić information content (AvgIpc) is 3.51. The summed E-state index contributed by atoms with van der Waals surface area (Å²) < 4.78 is 26.4. The molecule has 0 spiro atoms. The molecule has 1 fully saturated rings. The van der Waals surface area contributed by atoms with Gasteiger partial charge in [-0.15, -0.1) is 0 Å². The smallest absolute Gasteiger partial charge is 0.329 e. The van der Waals surface area contributed by atoms with Gasteiger partial charge < -0.3 is 23.9 Å². The fourth-order valence-electron chi connectivity index (χ4n) is 4.13. The van der Waals surface area contributed by atoms with Gasteiger partial charge in [-0.25, -0.2) is 4.79 Å². The topological polar surface area (TPSA) is 72.1 Å². The van der Waals surface area contributed by atoms with Crippen molar-refractivity contribution in [2.24, 2.45) is 0 Å². The van der Waals surface area contributed by atoms with Crippen LogP contribution >= 0.6 is 0 Å². The Hall–Kier alpha value is -3.25. The second kappa shape index (κ2) is 10.6. The number of benzene rings is 2. The van der Waals surface area contributed by atoms with Crippen LogP contribution in [0, 0.1) is 0 Å². The fraction of sp³-hybridized carbons (Fsp3) is 0.370. The first-order chi connectivity index (χ1) is 16.4. The molecule has 0 bridgehead atoms. The van der Waals surface area contributed by atoms with Crippen LogP contribution in [0.3, 0.4) is 0 Å². The van der Waals surface area contributed by atoms with E-state index in [0.717, 1.165) is 35.4 Å². The Morgan fingerprint density at radius 1 is 1.12 bits per heavy atom. The minimum absolute atomic E-state index is 0.0628. The summed E-state index contributed by atoms with van der Waals surface area (Å²) in [5, 5.41) is 8.84. The van der Waals surface area contributed by atoms with Gasteiger partial charge in [0.05, 0.1) is 13.7 Å². The highest BCUT2D eigenvalue weighted by Gasteiger charge is 2.28. The molecule has 1 aromatic heterocycles. The maximum absolute atomic E-state index is 10.8. The Balaban J connectivity index is 1.50. The molecule has 174 valence electrons. The van der Waals surface area contributed by atoms with Gasteiger partial charge in [0.15, 0.2) is 0 Å². The highest BCUT2D eigenvalue weighted by Crippen LogP contribution is 2.31. The first-order valence-electron chi connectivity index (χ1n) is 11.9. The molecule has 1 aliphatic rings. The monoisotopic (exact) mass is 450 g/mol.